The Labute approximate surface area is 210 Å². The molecule has 7 heteroatoms. The molecule has 0 atom stereocenters. The lowest BCUT2D eigenvalue weighted by Gasteiger charge is -2.14. The fraction of sp³-hybridized carbons (Fsp3) is 0.154. The van der Waals surface area contributed by atoms with Crippen LogP contribution < -0.4 is 14.8 Å². The van der Waals surface area contributed by atoms with Gasteiger partial charge in [-0.25, -0.2) is 0 Å². The molecule has 0 radical (unpaired) electrons. The van der Waals surface area contributed by atoms with Crippen LogP contribution in [0.3, 0.4) is 0 Å². The smallest absolute Gasteiger partial charge is 0.266 e. The van der Waals surface area contributed by atoms with Crippen LogP contribution in [0.4, 0.5) is 5.69 Å². The molecule has 3 aromatic rings. The number of rotatable bonds is 7. The van der Waals surface area contributed by atoms with Crippen LogP contribution in [0.25, 0.3) is 6.08 Å². The third kappa shape index (κ3) is 6.25. The molecule has 0 aliphatic rings. The highest BCUT2D eigenvalue weighted by molar-refractivity contribution is 9.10. The van der Waals surface area contributed by atoms with Crippen molar-refractivity contribution in [1.29, 1.82) is 5.26 Å². The quantitative estimate of drug-likeness (QED) is 0.246. The van der Waals surface area contributed by atoms with Crippen LogP contribution in [0.1, 0.15) is 22.3 Å². The van der Waals surface area contributed by atoms with Gasteiger partial charge < -0.3 is 14.8 Å². The summed E-state index contributed by atoms with van der Waals surface area (Å²) in [6, 6.07) is 19.0. The second-order valence-electron chi connectivity index (χ2n) is 7.32. The Kier molecular flexibility index (Phi) is 8.32. The monoisotopic (exact) mass is 568 g/mol. The van der Waals surface area contributed by atoms with Crippen molar-refractivity contribution in [2.75, 3.05) is 12.4 Å². The van der Waals surface area contributed by atoms with Crippen LogP contribution in [0.5, 0.6) is 11.5 Å². The number of halogens is 2. The molecule has 0 fully saturated rings. The fourth-order valence-electron chi connectivity index (χ4n) is 3.09. The first-order valence-corrected chi connectivity index (χ1v) is 11.6. The fourth-order valence-corrected chi connectivity index (χ4v) is 3.93. The second-order valence-corrected chi connectivity index (χ2v) is 9.09. The van der Waals surface area contributed by atoms with Crippen molar-refractivity contribution in [3.8, 4) is 17.6 Å². The molecule has 1 amide bonds. The van der Waals surface area contributed by atoms with E-state index in [1.807, 2.05) is 62.4 Å². The van der Waals surface area contributed by atoms with Crippen molar-refractivity contribution in [3.63, 3.8) is 0 Å². The standard InChI is InChI=1S/C26H22Br2N2O3/c1-16-5-4-6-23(17(16)2)30-26(31)20(14-29)11-19-12-22(28)25(24(13-19)32-3)33-15-18-7-9-21(27)10-8-18/h4-13H,15H2,1-3H3,(H,30,31)/b20-11-. The van der Waals surface area contributed by atoms with E-state index in [1.54, 1.807) is 19.2 Å². The molecule has 0 aromatic heterocycles. The number of nitrogens with one attached hydrogen (secondary N) is 1. The molecule has 168 valence electrons. The van der Waals surface area contributed by atoms with E-state index in [-0.39, 0.29) is 5.57 Å². The number of ether oxygens (including phenoxy) is 2. The van der Waals surface area contributed by atoms with Crippen molar-refractivity contribution in [2.45, 2.75) is 20.5 Å². The molecule has 33 heavy (non-hydrogen) atoms. The number of aryl methyl sites for hydroxylation is 1. The number of nitriles is 1. The summed E-state index contributed by atoms with van der Waals surface area (Å²) < 4.78 is 13.1. The summed E-state index contributed by atoms with van der Waals surface area (Å²) in [5.74, 6) is 0.549. The van der Waals surface area contributed by atoms with Crippen molar-refractivity contribution < 1.29 is 14.3 Å². The number of hydrogen-bond donors (Lipinski definition) is 1. The average Bonchev–Trinajstić information content (AvgIpc) is 2.80. The second kappa shape index (κ2) is 11.2. The first-order valence-electron chi connectivity index (χ1n) is 10.1. The zero-order chi connectivity index (χ0) is 24.0. The van der Waals surface area contributed by atoms with Gasteiger partial charge in [0.15, 0.2) is 11.5 Å². The van der Waals surface area contributed by atoms with Gasteiger partial charge in [-0.15, -0.1) is 0 Å². The van der Waals surface area contributed by atoms with Gasteiger partial charge in [-0.2, -0.15) is 5.26 Å². The Morgan fingerprint density at radius 1 is 1.12 bits per heavy atom. The lowest BCUT2D eigenvalue weighted by molar-refractivity contribution is -0.112. The Balaban J connectivity index is 1.83. The van der Waals surface area contributed by atoms with Crippen molar-refractivity contribution in [2.24, 2.45) is 0 Å². The zero-order valence-corrected chi connectivity index (χ0v) is 21.6. The molecule has 1 N–H and O–H groups in total. The van der Waals surface area contributed by atoms with Crippen LogP contribution >= 0.6 is 31.9 Å². The first-order chi connectivity index (χ1) is 15.8. The number of carbonyl (C=O) groups excluding carboxylic acids is 1. The predicted molar refractivity (Wildman–Crippen MR) is 137 cm³/mol. The lowest BCUT2D eigenvalue weighted by atomic mass is 10.1. The molecule has 0 spiro atoms. The molecule has 0 saturated carbocycles. The number of amides is 1. The largest absolute Gasteiger partial charge is 0.493 e. The molecule has 0 heterocycles. The lowest BCUT2D eigenvalue weighted by Crippen LogP contribution is -2.14. The maximum absolute atomic E-state index is 12.7. The summed E-state index contributed by atoms with van der Waals surface area (Å²) in [6.07, 6.45) is 1.52. The average molecular weight is 570 g/mol. The minimum absolute atomic E-state index is 0.0200. The summed E-state index contributed by atoms with van der Waals surface area (Å²) in [6.45, 7) is 4.25. The highest BCUT2D eigenvalue weighted by Crippen LogP contribution is 2.38. The van der Waals surface area contributed by atoms with Crippen molar-refractivity contribution in [3.05, 3.63) is 91.4 Å². The van der Waals surface area contributed by atoms with Crippen LogP contribution in [0.2, 0.25) is 0 Å². The van der Waals surface area contributed by atoms with E-state index in [4.69, 9.17) is 9.47 Å². The minimum Gasteiger partial charge on any atom is -0.493 e. The minimum atomic E-state index is -0.475. The van der Waals surface area contributed by atoms with Crippen LogP contribution in [0, 0.1) is 25.2 Å². The Morgan fingerprint density at radius 2 is 1.85 bits per heavy atom. The SMILES string of the molecule is COc1cc(/C=C(/C#N)C(=O)Nc2cccc(C)c2C)cc(Br)c1OCc1ccc(Br)cc1. The van der Waals surface area contributed by atoms with Gasteiger partial charge in [0, 0.05) is 10.2 Å². The topological polar surface area (TPSA) is 71.3 Å². The molecule has 0 aliphatic carbocycles. The predicted octanol–water partition coefficient (Wildman–Crippen LogP) is 6.96. The Morgan fingerprint density at radius 3 is 2.52 bits per heavy atom. The van der Waals surface area contributed by atoms with Gasteiger partial charge in [-0.3, -0.25) is 4.79 Å². The number of anilines is 1. The number of methoxy groups -OCH3 is 1. The van der Waals surface area contributed by atoms with Crippen molar-refractivity contribution in [1.82, 2.24) is 0 Å². The van der Waals surface area contributed by atoms with Gasteiger partial charge in [0.2, 0.25) is 0 Å². The maximum atomic E-state index is 12.7. The van der Waals surface area contributed by atoms with Crippen molar-refractivity contribution >= 4 is 49.5 Å². The third-order valence-corrected chi connectivity index (χ3v) is 6.19. The number of benzene rings is 3. The normalized spacial score (nSPS) is 11.0. The number of carbonyl (C=O) groups is 1. The molecular weight excluding hydrogens is 548 g/mol. The summed E-state index contributed by atoms with van der Waals surface area (Å²) in [4.78, 5) is 12.7. The number of hydrogen-bond acceptors (Lipinski definition) is 4. The van der Waals surface area contributed by atoms with E-state index < -0.39 is 5.91 Å². The van der Waals surface area contributed by atoms with Gasteiger partial charge >= 0.3 is 0 Å². The summed E-state index contributed by atoms with van der Waals surface area (Å²) in [7, 11) is 1.54. The zero-order valence-electron chi connectivity index (χ0n) is 18.4. The van der Waals surface area contributed by atoms with E-state index in [0.717, 1.165) is 21.2 Å². The van der Waals surface area contributed by atoms with E-state index >= 15 is 0 Å². The molecule has 5 nitrogen and oxygen atoms in total. The molecular formula is C26H22Br2N2O3. The van der Waals surface area contributed by atoms with E-state index in [0.29, 0.717) is 33.8 Å². The third-order valence-electron chi connectivity index (χ3n) is 5.08. The highest BCUT2D eigenvalue weighted by atomic mass is 79.9. The number of nitrogens with zero attached hydrogens (tertiary/aromatic N) is 1. The van der Waals surface area contributed by atoms with Crippen LogP contribution in [-0.2, 0) is 11.4 Å². The molecule has 0 unspecified atom stereocenters. The van der Waals surface area contributed by atoms with Gasteiger partial charge in [-0.05, 0) is 88.4 Å². The summed E-state index contributed by atoms with van der Waals surface area (Å²) in [5.41, 5.74) is 4.31. The molecule has 3 rings (SSSR count). The van der Waals surface area contributed by atoms with Gasteiger partial charge in [-0.1, -0.05) is 40.2 Å². The summed E-state index contributed by atoms with van der Waals surface area (Å²) >= 11 is 6.94. The maximum Gasteiger partial charge on any atom is 0.266 e. The first kappa shape index (κ1) is 24.6. The van der Waals surface area contributed by atoms with Gasteiger partial charge in [0.25, 0.3) is 5.91 Å². The van der Waals surface area contributed by atoms with Gasteiger partial charge in [0.1, 0.15) is 18.2 Å². The van der Waals surface area contributed by atoms with E-state index in [2.05, 4.69) is 37.2 Å². The summed E-state index contributed by atoms with van der Waals surface area (Å²) in [5, 5.41) is 12.4. The van der Waals surface area contributed by atoms with Crippen LogP contribution in [0.15, 0.2) is 69.1 Å². The molecule has 0 saturated heterocycles. The molecule has 3 aromatic carbocycles. The van der Waals surface area contributed by atoms with E-state index in [9.17, 15) is 10.1 Å². The van der Waals surface area contributed by atoms with Gasteiger partial charge in [0.05, 0.1) is 11.6 Å². The van der Waals surface area contributed by atoms with Crippen LogP contribution in [-0.4, -0.2) is 13.0 Å². The Hall–Kier alpha value is -3.08. The van der Waals surface area contributed by atoms with E-state index in [1.165, 1.54) is 6.08 Å². The highest BCUT2D eigenvalue weighted by Gasteiger charge is 2.15. The Bertz CT molecular complexity index is 1250. The molecule has 0 aliphatic heterocycles. The molecule has 0 bridgehead atoms.